The molecule has 1 saturated carbocycles. The van der Waals surface area contributed by atoms with Crippen LogP contribution >= 0.6 is 0 Å². The highest BCUT2D eigenvalue weighted by atomic mass is 16.5. The van der Waals surface area contributed by atoms with Crippen LogP contribution in [0.3, 0.4) is 0 Å². The maximum Gasteiger partial charge on any atom is 0.0836 e. The van der Waals surface area contributed by atoms with Crippen molar-refractivity contribution in [1.29, 1.82) is 0 Å². The molecule has 16 heavy (non-hydrogen) atoms. The van der Waals surface area contributed by atoms with Gasteiger partial charge in [-0.15, -0.1) is 0 Å². The maximum atomic E-state index is 10.5. The summed E-state index contributed by atoms with van der Waals surface area (Å²) >= 11 is 0. The number of aliphatic hydroxyl groups is 1. The Bertz CT molecular complexity index is 199. The first-order valence-corrected chi connectivity index (χ1v) is 7.12. The molecule has 2 rings (SSSR count). The normalized spacial score (nSPS) is 38.2. The fraction of sp³-hybridized carbons (Fsp3) is 1.00. The van der Waals surface area contributed by atoms with Crippen molar-refractivity contribution < 1.29 is 9.84 Å². The van der Waals surface area contributed by atoms with Crippen LogP contribution in [0.25, 0.3) is 0 Å². The fourth-order valence-corrected chi connectivity index (χ4v) is 3.50. The molecule has 1 heterocycles. The highest BCUT2D eigenvalue weighted by Crippen LogP contribution is 2.37. The zero-order chi connectivity index (χ0) is 11.4. The third-order valence-corrected chi connectivity index (χ3v) is 4.53. The summed E-state index contributed by atoms with van der Waals surface area (Å²) in [6, 6.07) is 0. The Labute approximate surface area is 99.4 Å². The Kier molecular flexibility index (Phi) is 4.66. The van der Waals surface area contributed by atoms with Crippen LogP contribution in [0, 0.1) is 11.8 Å². The largest absolute Gasteiger partial charge is 0.390 e. The zero-order valence-electron chi connectivity index (χ0n) is 10.5. The molecule has 1 aliphatic carbocycles. The topological polar surface area (TPSA) is 29.5 Å². The van der Waals surface area contributed by atoms with Crippen LogP contribution in [-0.2, 0) is 4.74 Å². The highest BCUT2D eigenvalue weighted by molar-refractivity contribution is 4.85. The van der Waals surface area contributed by atoms with Crippen LogP contribution in [0.4, 0.5) is 0 Å². The van der Waals surface area contributed by atoms with E-state index in [1.54, 1.807) is 0 Å². The predicted octanol–water partition coefficient (Wildman–Crippen LogP) is 3.13. The van der Waals surface area contributed by atoms with Crippen LogP contribution in [-0.4, -0.2) is 23.9 Å². The molecule has 2 fully saturated rings. The van der Waals surface area contributed by atoms with E-state index in [9.17, 15) is 5.11 Å². The van der Waals surface area contributed by atoms with Gasteiger partial charge in [-0.1, -0.05) is 32.6 Å². The van der Waals surface area contributed by atoms with E-state index in [2.05, 4.69) is 6.92 Å². The number of ether oxygens (including phenoxy) is 1. The molecule has 1 N–H and O–H groups in total. The van der Waals surface area contributed by atoms with Crippen molar-refractivity contribution >= 4 is 0 Å². The van der Waals surface area contributed by atoms with Gasteiger partial charge >= 0.3 is 0 Å². The van der Waals surface area contributed by atoms with E-state index in [-0.39, 0.29) is 12.2 Å². The average Bonchev–Trinajstić information content (AvgIpc) is 2.39. The Hall–Kier alpha value is -0.0800. The van der Waals surface area contributed by atoms with E-state index in [0.29, 0.717) is 5.92 Å². The summed E-state index contributed by atoms with van der Waals surface area (Å²) in [4.78, 5) is 0. The molecular formula is C14H26O2. The molecule has 2 aliphatic rings. The Morgan fingerprint density at radius 3 is 2.56 bits per heavy atom. The highest BCUT2D eigenvalue weighted by Gasteiger charge is 2.35. The minimum absolute atomic E-state index is 0.130. The van der Waals surface area contributed by atoms with E-state index in [1.807, 2.05) is 0 Å². The SMILES string of the molecule is CCC1CCCCC1C(O)C1CCCCO1. The average molecular weight is 226 g/mol. The van der Waals surface area contributed by atoms with E-state index in [4.69, 9.17) is 4.74 Å². The van der Waals surface area contributed by atoms with Crippen LogP contribution in [0.1, 0.15) is 58.3 Å². The Morgan fingerprint density at radius 1 is 1.12 bits per heavy atom. The number of hydrogen-bond donors (Lipinski definition) is 1. The first-order chi connectivity index (χ1) is 7.83. The summed E-state index contributed by atoms with van der Waals surface area (Å²) in [6.07, 6.45) is 9.78. The lowest BCUT2D eigenvalue weighted by atomic mass is 9.73. The van der Waals surface area contributed by atoms with Gasteiger partial charge in [0.15, 0.2) is 0 Å². The summed E-state index contributed by atoms with van der Waals surface area (Å²) in [6.45, 7) is 3.11. The molecule has 1 saturated heterocycles. The van der Waals surface area contributed by atoms with Crippen molar-refractivity contribution in [2.24, 2.45) is 11.8 Å². The quantitative estimate of drug-likeness (QED) is 0.801. The van der Waals surface area contributed by atoms with Gasteiger partial charge < -0.3 is 9.84 Å². The summed E-state index contributed by atoms with van der Waals surface area (Å²) in [7, 11) is 0. The molecular weight excluding hydrogens is 200 g/mol. The Morgan fingerprint density at radius 2 is 1.88 bits per heavy atom. The molecule has 2 nitrogen and oxygen atoms in total. The van der Waals surface area contributed by atoms with E-state index < -0.39 is 0 Å². The van der Waals surface area contributed by atoms with Crippen molar-refractivity contribution in [3.8, 4) is 0 Å². The summed E-state index contributed by atoms with van der Waals surface area (Å²) in [5.41, 5.74) is 0. The minimum atomic E-state index is -0.203. The molecule has 0 aromatic heterocycles. The number of rotatable bonds is 3. The Balaban J connectivity index is 1.92. The molecule has 0 amide bonds. The first-order valence-electron chi connectivity index (χ1n) is 7.12. The lowest BCUT2D eigenvalue weighted by molar-refractivity contribution is -0.0987. The van der Waals surface area contributed by atoms with Crippen LogP contribution in [0.2, 0.25) is 0 Å². The third kappa shape index (κ3) is 2.78. The number of aliphatic hydroxyl groups excluding tert-OH is 1. The second-order valence-corrected chi connectivity index (χ2v) is 5.51. The van der Waals surface area contributed by atoms with Crippen LogP contribution < -0.4 is 0 Å². The smallest absolute Gasteiger partial charge is 0.0836 e. The molecule has 0 spiro atoms. The third-order valence-electron chi connectivity index (χ3n) is 4.53. The van der Waals surface area contributed by atoms with Gasteiger partial charge in [-0.05, 0) is 37.5 Å². The van der Waals surface area contributed by atoms with E-state index in [0.717, 1.165) is 18.9 Å². The van der Waals surface area contributed by atoms with Crippen molar-refractivity contribution in [2.45, 2.75) is 70.5 Å². The molecule has 1 aliphatic heterocycles. The predicted molar refractivity (Wildman–Crippen MR) is 65.3 cm³/mol. The number of hydrogen-bond acceptors (Lipinski definition) is 2. The van der Waals surface area contributed by atoms with Gasteiger partial charge in [0, 0.05) is 6.61 Å². The molecule has 0 radical (unpaired) electrons. The summed E-state index contributed by atoms with van der Waals surface area (Å²) < 4.78 is 5.74. The lowest BCUT2D eigenvalue weighted by Gasteiger charge is -2.38. The second kappa shape index (κ2) is 6.02. The standard InChI is InChI=1S/C14H26O2/c1-2-11-7-3-4-8-12(11)14(15)13-9-5-6-10-16-13/h11-15H,2-10H2,1H3. The van der Waals surface area contributed by atoms with Gasteiger partial charge in [0.1, 0.15) is 0 Å². The maximum absolute atomic E-state index is 10.5. The monoisotopic (exact) mass is 226 g/mol. The molecule has 4 atom stereocenters. The molecule has 94 valence electrons. The molecule has 0 aromatic rings. The van der Waals surface area contributed by atoms with Gasteiger partial charge in [0.05, 0.1) is 12.2 Å². The fourth-order valence-electron chi connectivity index (χ4n) is 3.50. The zero-order valence-corrected chi connectivity index (χ0v) is 10.5. The lowest BCUT2D eigenvalue weighted by Crippen LogP contribution is -2.41. The minimum Gasteiger partial charge on any atom is -0.390 e. The van der Waals surface area contributed by atoms with E-state index in [1.165, 1.54) is 44.9 Å². The summed E-state index contributed by atoms with van der Waals surface area (Å²) in [5, 5.41) is 10.5. The summed E-state index contributed by atoms with van der Waals surface area (Å²) in [5.74, 6) is 1.23. The van der Waals surface area contributed by atoms with Gasteiger partial charge in [0.2, 0.25) is 0 Å². The first kappa shape index (κ1) is 12.4. The van der Waals surface area contributed by atoms with Crippen molar-refractivity contribution in [2.75, 3.05) is 6.61 Å². The van der Waals surface area contributed by atoms with E-state index >= 15 is 0 Å². The molecule has 0 aromatic carbocycles. The van der Waals surface area contributed by atoms with Gasteiger partial charge in [-0.25, -0.2) is 0 Å². The van der Waals surface area contributed by atoms with Crippen LogP contribution in [0.15, 0.2) is 0 Å². The molecule has 0 bridgehead atoms. The van der Waals surface area contributed by atoms with Gasteiger partial charge in [-0.3, -0.25) is 0 Å². The van der Waals surface area contributed by atoms with Gasteiger partial charge in [0.25, 0.3) is 0 Å². The van der Waals surface area contributed by atoms with Crippen LogP contribution in [0.5, 0.6) is 0 Å². The van der Waals surface area contributed by atoms with Crippen molar-refractivity contribution in [1.82, 2.24) is 0 Å². The molecule has 2 heteroatoms. The van der Waals surface area contributed by atoms with Crippen molar-refractivity contribution in [3.63, 3.8) is 0 Å². The second-order valence-electron chi connectivity index (χ2n) is 5.51. The van der Waals surface area contributed by atoms with Crippen molar-refractivity contribution in [3.05, 3.63) is 0 Å². The molecule has 4 unspecified atom stereocenters. The van der Waals surface area contributed by atoms with Gasteiger partial charge in [-0.2, -0.15) is 0 Å².